The van der Waals surface area contributed by atoms with Gasteiger partial charge >= 0.3 is 5.97 Å². The third-order valence-corrected chi connectivity index (χ3v) is 2.54. The fourth-order valence-corrected chi connectivity index (χ4v) is 1.63. The van der Waals surface area contributed by atoms with Crippen molar-refractivity contribution in [3.63, 3.8) is 0 Å². The van der Waals surface area contributed by atoms with Gasteiger partial charge in [-0.3, -0.25) is 0 Å². The molecule has 0 heterocycles. The fraction of sp³-hybridized carbons (Fsp3) is 0.462. The van der Waals surface area contributed by atoms with Crippen molar-refractivity contribution >= 4 is 11.7 Å². The second-order valence-electron chi connectivity index (χ2n) is 3.99. The maximum absolute atomic E-state index is 11.0. The first kappa shape index (κ1) is 13.5. The van der Waals surface area contributed by atoms with Crippen LogP contribution in [0.15, 0.2) is 18.2 Å². The smallest absolute Gasteiger partial charge is 0.336 e. The van der Waals surface area contributed by atoms with E-state index in [9.17, 15) is 4.79 Å². The lowest BCUT2D eigenvalue weighted by Crippen LogP contribution is -2.22. The van der Waals surface area contributed by atoms with Gasteiger partial charge in [-0.15, -0.1) is 0 Å². The average molecular weight is 237 g/mol. The van der Waals surface area contributed by atoms with Crippen LogP contribution in [0.2, 0.25) is 0 Å². The Morgan fingerprint density at radius 1 is 1.53 bits per heavy atom. The number of carbonyl (C=O) groups is 1. The molecule has 0 fully saturated rings. The van der Waals surface area contributed by atoms with Gasteiger partial charge in [0.2, 0.25) is 0 Å². The van der Waals surface area contributed by atoms with Crippen molar-refractivity contribution < 1.29 is 14.6 Å². The van der Waals surface area contributed by atoms with Crippen molar-refractivity contribution in [2.24, 2.45) is 0 Å². The van der Waals surface area contributed by atoms with E-state index in [2.05, 4.69) is 5.32 Å². The number of carboxylic acid groups (broad SMARTS) is 1. The lowest BCUT2D eigenvalue weighted by molar-refractivity contribution is 0.0696. The summed E-state index contributed by atoms with van der Waals surface area (Å²) in [4.78, 5) is 11.0. The van der Waals surface area contributed by atoms with Crippen LogP contribution in [-0.4, -0.2) is 30.3 Å². The highest BCUT2D eigenvalue weighted by Crippen LogP contribution is 2.19. The number of hydrogen-bond donors (Lipinski definition) is 2. The van der Waals surface area contributed by atoms with E-state index in [1.54, 1.807) is 19.1 Å². The summed E-state index contributed by atoms with van der Waals surface area (Å²) < 4.78 is 5.31. The van der Waals surface area contributed by atoms with E-state index in [-0.39, 0.29) is 6.04 Å². The van der Waals surface area contributed by atoms with E-state index in [1.807, 2.05) is 19.9 Å². The zero-order valence-corrected chi connectivity index (χ0v) is 10.5. The minimum Gasteiger partial charge on any atom is -0.478 e. The molecule has 94 valence electrons. The van der Waals surface area contributed by atoms with Gasteiger partial charge in [-0.25, -0.2) is 4.79 Å². The van der Waals surface area contributed by atoms with E-state index in [0.717, 1.165) is 11.3 Å². The Kier molecular flexibility index (Phi) is 4.97. The summed E-state index contributed by atoms with van der Waals surface area (Å²) in [6.07, 6.45) is 0. The minimum absolute atomic E-state index is 0.151. The average Bonchev–Trinajstić information content (AvgIpc) is 2.28. The minimum atomic E-state index is -0.899. The molecule has 0 aliphatic carbocycles. The van der Waals surface area contributed by atoms with Crippen molar-refractivity contribution in [2.75, 3.05) is 18.5 Å². The van der Waals surface area contributed by atoms with Gasteiger partial charge in [-0.1, -0.05) is 6.07 Å². The second kappa shape index (κ2) is 6.25. The highest BCUT2D eigenvalue weighted by atomic mass is 16.5. The Balaban J connectivity index is 2.77. The molecule has 4 heteroatoms. The van der Waals surface area contributed by atoms with Gasteiger partial charge in [0, 0.05) is 18.3 Å². The molecule has 0 aliphatic heterocycles. The SMILES string of the molecule is CCOCC(C)Nc1cccc(C(=O)O)c1C. The highest BCUT2D eigenvalue weighted by molar-refractivity contribution is 5.91. The summed E-state index contributed by atoms with van der Waals surface area (Å²) in [5, 5.41) is 12.3. The number of aromatic carboxylic acids is 1. The number of nitrogens with one attached hydrogen (secondary N) is 1. The Morgan fingerprint density at radius 3 is 2.82 bits per heavy atom. The van der Waals surface area contributed by atoms with Gasteiger partial charge in [-0.05, 0) is 38.5 Å². The van der Waals surface area contributed by atoms with Crippen molar-refractivity contribution in [1.82, 2.24) is 0 Å². The molecule has 1 atom stereocenters. The molecule has 0 bridgehead atoms. The van der Waals surface area contributed by atoms with Gasteiger partial charge in [0.15, 0.2) is 0 Å². The number of rotatable bonds is 6. The lowest BCUT2D eigenvalue weighted by atomic mass is 10.1. The van der Waals surface area contributed by atoms with Crippen LogP contribution in [0, 0.1) is 6.92 Å². The fourth-order valence-electron chi connectivity index (χ4n) is 1.63. The third kappa shape index (κ3) is 3.75. The number of hydrogen-bond acceptors (Lipinski definition) is 3. The van der Waals surface area contributed by atoms with Gasteiger partial charge in [0.25, 0.3) is 0 Å². The van der Waals surface area contributed by atoms with Crippen LogP contribution in [0.5, 0.6) is 0 Å². The number of ether oxygens (including phenoxy) is 1. The maximum Gasteiger partial charge on any atom is 0.336 e. The van der Waals surface area contributed by atoms with Crippen LogP contribution in [-0.2, 0) is 4.74 Å². The van der Waals surface area contributed by atoms with Crippen LogP contribution in [0.25, 0.3) is 0 Å². The molecule has 0 aromatic heterocycles. The molecule has 4 nitrogen and oxygen atoms in total. The standard InChI is InChI=1S/C13H19NO3/c1-4-17-8-9(2)14-12-7-5-6-11(10(12)3)13(15)16/h5-7,9,14H,4,8H2,1-3H3,(H,15,16). The second-order valence-corrected chi connectivity index (χ2v) is 3.99. The molecule has 0 saturated heterocycles. The highest BCUT2D eigenvalue weighted by Gasteiger charge is 2.11. The first-order chi connectivity index (χ1) is 8.06. The lowest BCUT2D eigenvalue weighted by Gasteiger charge is -2.17. The zero-order chi connectivity index (χ0) is 12.8. The first-order valence-electron chi connectivity index (χ1n) is 5.73. The summed E-state index contributed by atoms with van der Waals surface area (Å²) in [7, 11) is 0. The van der Waals surface area contributed by atoms with E-state index in [4.69, 9.17) is 9.84 Å². The largest absolute Gasteiger partial charge is 0.478 e. The van der Waals surface area contributed by atoms with Crippen LogP contribution >= 0.6 is 0 Å². The van der Waals surface area contributed by atoms with Crippen LogP contribution in [0.4, 0.5) is 5.69 Å². The van der Waals surface area contributed by atoms with Crippen LogP contribution < -0.4 is 5.32 Å². The molecule has 17 heavy (non-hydrogen) atoms. The molecule has 0 spiro atoms. The predicted octanol–water partition coefficient (Wildman–Crippen LogP) is 2.53. The Bertz CT molecular complexity index is 390. The van der Waals surface area contributed by atoms with Gasteiger partial charge in [-0.2, -0.15) is 0 Å². The summed E-state index contributed by atoms with van der Waals surface area (Å²) in [5.74, 6) is -0.899. The third-order valence-electron chi connectivity index (χ3n) is 2.54. The van der Waals surface area contributed by atoms with Gasteiger partial charge in [0.05, 0.1) is 12.2 Å². The molecule has 2 N–H and O–H groups in total. The monoisotopic (exact) mass is 237 g/mol. The Morgan fingerprint density at radius 2 is 2.24 bits per heavy atom. The van der Waals surface area contributed by atoms with E-state index < -0.39 is 5.97 Å². The van der Waals surface area contributed by atoms with Gasteiger partial charge in [0.1, 0.15) is 0 Å². The number of benzene rings is 1. The van der Waals surface area contributed by atoms with Crippen molar-refractivity contribution in [2.45, 2.75) is 26.8 Å². The number of carboxylic acids is 1. The maximum atomic E-state index is 11.0. The molecule has 1 unspecified atom stereocenters. The zero-order valence-electron chi connectivity index (χ0n) is 10.5. The van der Waals surface area contributed by atoms with Gasteiger partial charge < -0.3 is 15.2 Å². The molecular formula is C13H19NO3. The van der Waals surface area contributed by atoms with Crippen LogP contribution in [0.3, 0.4) is 0 Å². The summed E-state index contributed by atoms with van der Waals surface area (Å²) in [5.41, 5.74) is 1.93. The molecule has 0 saturated carbocycles. The predicted molar refractivity (Wildman–Crippen MR) is 67.7 cm³/mol. The summed E-state index contributed by atoms with van der Waals surface area (Å²) in [6.45, 7) is 7.04. The van der Waals surface area contributed by atoms with Crippen molar-refractivity contribution in [3.8, 4) is 0 Å². The quantitative estimate of drug-likeness (QED) is 0.798. The topological polar surface area (TPSA) is 58.6 Å². The van der Waals surface area contributed by atoms with E-state index in [0.29, 0.717) is 18.8 Å². The summed E-state index contributed by atoms with van der Waals surface area (Å²) >= 11 is 0. The number of anilines is 1. The molecule has 1 aromatic carbocycles. The Hall–Kier alpha value is -1.55. The molecule has 0 amide bonds. The van der Waals surface area contributed by atoms with E-state index in [1.165, 1.54) is 0 Å². The van der Waals surface area contributed by atoms with Crippen LogP contribution in [0.1, 0.15) is 29.8 Å². The normalized spacial score (nSPS) is 12.2. The van der Waals surface area contributed by atoms with E-state index >= 15 is 0 Å². The Labute approximate surface area is 102 Å². The van der Waals surface area contributed by atoms with Crippen molar-refractivity contribution in [3.05, 3.63) is 29.3 Å². The summed E-state index contributed by atoms with van der Waals surface area (Å²) in [6, 6.07) is 5.38. The van der Waals surface area contributed by atoms with Crippen molar-refractivity contribution in [1.29, 1.82) is 0 Å². The molecule has 0 radical (unpaired) electrons. The molecule has 1 rings (SSSR count). The first-order valence-corrected chi connectivity index (χ1v) is 5.73. The molecule has 0 aliphatic rings. The molecule has 1 aromatic rings. The molecular weight excluding hydrogens is 218 g/mol.